The number of quaternary nitrogens is 1. The van der Waals surface area contributed by atoms with E-state index in [2.05, 4.69) is 0 Å². The van der Waals surface area contributed by atoms with Crippen LogP contribution in [0.2, 0.25) is 5.02 Å². The number of nitrogens with one attached hydrogen (secondary N) is 1. The number of hydrogen-bond acceptors (Lipinski definition) is 4. The number of morpholine rings is 1. The largest absolute Gasteiger partial charge is 0.507 e. The van der Waals surface area contributed by atoms with Gasteiger partial charge in [-0.3, -0.25) is 9.59 Å². The topological polar surface area (TPSA) is 71.3 Å². The van der Waals surface area contributed by atoms with E-state index in [-0.39, 0.29) is 11.3 Å². The normalized spacial score (nSPS) is 21.9. The third-order valence-corrected chi connectivity index (χ3v) is 5.93. The zero-order valence-corrected chi connectivity index (χ0v) is 17.3. The minimum atomic E-state index is -0.659. The summed E-state index contributed by atoms with van der Waals surface area (Å²) in [5.41, 5.74) is 1.37. The maximum Gasteiger partial charge on any atom is 0.295 e. The third-order valence-electron chi connectivity index (χ3n) is 5.68. The Balaban J connectivity index is 1.72. The Morgan fingerprint density at radius 3 is 2.40 bits per heavy atom. The van der Waals surface area contributed by atoms with Gasteiger partial charge in [-0.05, 0) is 17.7 Å². The lowest BCUT2D eigenvalue weighted by Gasteiger charge is -2.29. The van der Waals surface area contributed by atoms with Crippen molar-refractivity contribution >= 4 is 29.1 Å². The monoisotopic (exact) mass is 427 g/mol. The molecule has 6 nitrogen and oxygen atoms in total. The standard InChI is InChI=1S/C23H23ClN2O4/c24-18-8-6-16(7-9-18)20-19(21(27)17-4-2-1-3-5-17)22(28)23(29)26(20)11-10-25-12-14-30-15-13-25/h1-9,20,27H,10-15H2/p+1/t20-/m1/s1. The first kappa shape index (κ1) is 20.6. The third kappa shape index (κ3) is 4.12. The second kappa shape index (κ2) is 9.00. The summed E-state index contributed by atoms with van der Waals surface area (Å²) in [6, 6.07) is 15.2. The number of likely N-dealkylation sites (tertiary alicyclic amines) is 1. The van der Waals surface area contributed by atoms with Gasteiger partial charge in [0, 0.05) is 10.6 Å². The second-order valence-corrected chi connectivity index (χ2v) is 7.96. The summed E-state index contributed by atoms with van der Waals surface area (Å²) in [5.74, 6) is -1.40. The molecule has 2 aliphatic rings. The summed E-state index contributed by atoms with van der Waals surface area (Å²) in [6.45, 7) is 4.27. The van der Waals surface area contributed by atoms with Crippen LogP contribution in [0.15, 0.2) is 60.2 Å². The number of ether oxygens (including phenoxy) is 1. The van der Waals surface area contributed by atoms with Crippen molar-refractivity contribution in [3.05, 3.63) is 76.3 Å². The lowest BCUT2D eigenvalue weighted by Crippen LogP contribution is -3.14. The predicted molar refractivity (Wildman–Crippen MR) is 113 cm³/mol. The van der Waals surface area contributed by atoms with Crippen LogP contribution in [0, 0.1) is 0 Å². The number of aliphatic hydroxyl groups excluding tert-OH is 1. The Kier molecular flexibility index (Phi) is 6.18. The first-order chi connectivity index (χ1) is 14.6. The molecule has 0 aliphatic carbocycles. The van der Waals surface area contributed by atoms with Crippen molar-refractivity contribution in [1.82, 2.24) is 4.90 Å². The minimum absolute atomic E-state index is 0.116. The van der Waals surface area contributed by atoms with Crippen molar-refractivity contribution in [3.63, 3.8) is 0 Å². The van der Waals surface area contributed by atoms with Crippen LogP contribution in [0.3, 0.4) is 0 Å². The highest BCUT2D eigenvalue weighted by Crippen LogP contribution is 2.39. The van der Waals surface area contributed by atoms with Crippen LogP contribution in [0.4, 0.5) is 0 Å². The van der Waals surface area contributed by atoms with Crippen LogP contribution in [-0.2, 0) is 14.3 Å². The van der Waals surface area contributed by atoms with Crippen molar-refractivity contribution in [2.75, 3.05) is 39.4 Å². The lowest BCUT2D eigenvalue weighted by molar-refractivity contribution is -0.907. The molecule has 2 heterocycles. The molecule has 30 heavy (non-hydrogen) atoms. The van der Waals surface area contributed by atoms with E-state index in [0.29, 0.717) is 36.9 Å². The van der Waals surface area contributed by atoms with E-state index in [0.717, 1.165) is 18.7 Å². The van der Waals surface area contributed by atoms with Crippen molar-refractivity contribution in [3.8, 4) is 0 Å². The number of halogens is 1. The molecular weight excluding hydrogens is 404 g/mol. The van der Waals surface area contributed by atoms with E-state index < -0.39 is 17.7 Å². The van der Waals surface area contributed by atoms with Crippen LogP contribution in [0.5, 0.6) is 0 Å². The van der Waals surface area contributed by atoms with Gasteiger partial charge in [0.05, 0.1) is 37.9 Å². The minimum Gasteiger partial charge on any atom is -0.507 e. The summed E-state index contributed by atoms with van der Waals surface area (Å²) in [4.78, 5) is 28.8. The molecule has 0 bridgehead atoms. The van der Waals surface area contributed by atoms with E-state index in [1.54, 1.807) is 53.4 Å². The molecular formula is C23H24ClN2O4+. The maximum atomic E-state index is 13.0. The molecule has 2 aromatic carbocycles. The maximum absolute atomic E-state index is 13.0. The van der Waals surface area contributed by atoms with Gasteiger partial charge in [-0.25, -0.2) is 0 Å². The van der Waals surface area contributed by atoms with E-state index in [1.165, 1.54) is 4.90 Å². The molecule has 2 aromatic rings. The zero-order chi connectivity index (χ0) is 21.1. The number of amides is 1. The predicted octanol–water partition coefficient (Wildman–Crippen LogP) is 1.68. The number of hydrogen-bond donors (Lipinski definition) is 2. The van der Waals surface area contributed by atoms with Gasteiger partial charge in [-0.1, -0.05) is 54.1 Å². The zero-order valence-electron chi connectivity index (χ0n) is 16.5. The van der Waals surface area contributed by atoms with Crippen molar-refractivity contribution in [2.45, 2.75) is 6.04 Å². The van der Waals surface area contributed by atoms with Crippen LogP contribution in [0.25, 0.3) is 5.76 Å². The molecule has 2 saturated heterocycles. The number of Topliss-reactive ketones (excluding diaryl/α,β-unsaturated/α-hetero) is 1. The Morgan fingerprint density at radius 1 is 1.07 bits per heavy atom. The Morgan fingerprint density at radius 2 is 1.73 bits per heavy atom. The number of aliphatic hydroxyl groups is 1. The summed E-state index contributed by atoms with van der Waals surface area (Å²) in [5, 5.41) is 11.5. The molecule has 156 valence electrons. The quantitative estimate of drug-likeness (QED) is 0.432. The molecule has 1 amide bonds. The van der Waals surface area contributed by atoms with E-state index in [9.17, 15) is 14.7 Å². The summed E-state index contributed by atoms with van der Waals surface area (Å²) in [6.07, 6.45) is 0. The molecule has 0 saturated carbocycles. The van der Waals surface area contributed by atoms with Crippen molar-refractivity contribution in [2.24, 2.45) is 0 Å². The highest BCUT2D eigenvalue weighted by atomic mass is 35.5. The summed E-state index contributed by atoms with van der Waals surface area (Å²) in [7, 11) is 0. The van der Waals surface area contributed by atoms with E-state index in [1.807, 2.05) is 6.07 Å². The van der Waals surface area contributed by atoms with Gasteiger partial charge in [0.25, 0.3) is 11.7 Å². The van der Waals surface area contributed by atoms with Gasteiger partial charge >= 0.3 is 0 Å². The highest BCUT2D eigenvalue weighted by Gasteiger charge is 2.46. The first-order valence-electron chi connectivity index (χ1n) is 10.1. The summed E-state index contributed by atoms with van der Waals surface area (Å²) >= 11 is 6.05. The van der Waals surface area contributed by atoms with Gasteiger partial charge in [-0.2, -0.15) is 0 Å². The number of benzene rings is 2. The van der Waals surface area contributed by atoms with Crippen LogP contribution < -0.4 is 4.90 Å². The molecule has 2 aliphatic heterocycles. The number of carbonyl (C=O) groups is 2. The van der Waals surface area contributed by atoms with Gasteiger partial charge in [-0.15, -0.1) is 0 Å². The van der Waals surface area contributed by atoms with Crippen LogP contribution >= 0.6 is 11.6 Å². The van der Waals surface area contributed by atoms with E-state index >= 15 is 0 Å². The Labute approximate surface area is 180 Å². The van der Waals surface area contributed by atoms with Crippen molar-refractivity contribution < 1.29 is 24.3 Å². The Hall–Kier alpha value is -2.67. The average Bonchev–Trinajstić information content (AvgIpc) is 3.04. The first-order valence-corrected chi connectivity index (χ1v) is 10.4. The lowest BCUT2D eigenvalue weighted by atomic mass is 9.95. The SMILES string of the molecule is O=C1C(=O)N(CC[NH+]2CCOCC2)[C@H](c2ccc(Cl)cc2)C1=C(O)c1ccccc1. The fourth-order valence-corrected chi connectivity index (χ4v) is 4.17. The van der Waals surface area contributed by atoms with Crippen LogP contribution in [0.1, 0.15) is 17.2 Å². The molecule has 7 heteroatoms. The van der Waals surface area contributed by atoms with Crippen LogP contribution in [-0.4, -0.2) is 61.1 Å². The highest BCUT2D eigenvalue weighted by molar-refractivity contribution is 6.46. The van der Waals surface area contributed by atoms with Gasteiger partial charge in [0.1, 0.15) is 18.8 Å². The van der Waals surface area contributed by atoms with Crippen molar-refractivity contribution in [1.29, 1.82) is 0 Å². The molecule has 4 rings (SSSR count). The molecule has 0 unspecified atom stereocenters. The molecule has 0 spiro atoms. The molecule has 0 aromatic heterocycles. The second-order valence-electron chi connectivity index (χ2n) is 7.52. The van der Waals surface area contributed by atoms with Gasteiger partial charge < -0.3 is 19.6 Å². The number of ketones is 1. The molecule has 2 fully saturated rings. The molecule has 2 N–H and O–H groups in total. The number of carbonyl (C=O) groups excluding carboxylic acids is 2. The number of rotatable bonds is 5. The fraction of sp³-hybridized carbons (Fsp3) is 0.304. The molecule has 0 radical (unpaired) electrons. The smallest absolute Gasteiger partial charge is 0.295 e. The Bertz CT molecular complexity index is 953. The van der Waals surface area contributed by atoms with Gasteiger partial charge in [0.15, 0.2) is 0 Å². The average molecular weight is 428 g/mol. The van der Waals surface area contributed by atoms with Gasteiger partial charge in [0.2, 0.25) is 0 Å². The summed E-state index contributed by atoms with van der Waals surface area (Å²) < 4.78 is 5.40. The fourth-order valence-electron chi connectivity index (χ4n) is 4.04. The van der Waals surface area contributed by atoms with E-state index in [4.69, 9.17) is 16.3 Å². The molecule has 1 atom stereocenters. The number of nitrogens with zero attached hydrogens (tertiary/aromatic N) is 1.